The van der Waals surface area contributed by atoms with Gasteiger partial charge in [-0.15, -0.1) is 0 Å². The summed E-state index contributed by atoms with van der Waals surface area (Å²) in [5.74, 6) is -0.178. The summed E-state index contributed by atoms with van der Waals surface area (Å²) >= 11 is 3.37. The molecule has 0 saturated carbocycles. The summed E-state index contributed by atoms with van der Waals surface area (Å²) in [4.78, 5) is 8.76. The van der Waals surface area contributed by atoms with Crippen LogP contribution >= 0.6 is 15.9 Å². The molecule has 3 aromatic heterocycles. The predicted molar refractivity (Wildman–Crippen MR) is 104 cm³/mol. The van der Waals surface area contributed by atoms with Gasteiger partial charge in [0.05, 0.1) is 17.1 Å². The number of hydrogen-bond donors (Lipinski definition) is 0. The molecular weight excluding hydrogens is 395 g/mol. The number of aryl methyl sites for hydroxylation is 1. The van der Waals surface area contributed by atoms with Crippen LogP contribution in [0.1, 0.15) is 0 Å². The van der Waals surface area contributed by atoms with Crippen molar-refractivity contribution in [2.75, 3.05) is 0 Å². The maximum atomic E-state index is 11.9. The second-order valence-electron chi connectivity index (χ2n) is 5.39. The van der Waals surface area contributed by atoms with Crippen LogP contribution in [-0.2, 0) is 7.05 Å². The van der Waals surface area contributed by atoms with E-state index in [4.69, 9.17) is 0 Å². The van der Waals surface area contributed by atoms with E-state index in [1.165, 1.54) is 12.1 Å². The summed E-state index contributed by atoms with van der Waals surface area (Å²) in [6, 6.07) is 21.5. The summed E-state index contributed by atoms with van der Waals surface area (Å²) < 4.78 is 14.5. The molecular formula is C20H16BrFN4. The molecule has 0 unspecified atom stereocenters. The molecule has 0 amide bonds. The zero-order valence-electron chi connectivity index (χ0n) is 14.1. The molecule has 130 valence electrons. The molecule has 4 aromatic rings. The number of nitrogens with zero attached hydrogens (tertiary/aromatic N) is 4. The van der Waals surface area contributed by atoms with Crippen molar-refractivity contribution < 1.29 is 4.39 Å². The Bertz CT molecular complexity index is 972. The Hall–Kier alpha value is -2.86. The first-order valence-corrected chi connectivity index (χ1v) is 8.72. The van der Waals surface area contributed by atoms with Crippen LogP contribution in [-0.4, -0.2) is 19.7 Å². The van der Waals surface area contributed by atoms with Gasteiger partial charge in [0.2, 0.25) is 0 Å². The van der Waals surface area contributed by atoms with Gasteiger partial charge in [0.1, 0.15) is 16.1 Å². The van der Waals surface area contributed by atoms with E-state index in [-0.39, 0.29) is 5.82 Å². The lowest BCUT2D eigenvalue weighted by molar-refractivity contribution is 0.628. The number of aromatic nitrogens is 4. The summed E-state index contributed by atoms with van der Waals surface area (Å²) in [6.07, 6.45) is 1.78. The third kappa shape index (κ3) is 4.61. The Labute approximate surface area is 159 Å². The highest BCUT2D eigenvalue weighted by Gasteiger charge is 2.10. The van der Waals surface area contributed by atoms with E-state index in [0.29, 0.717) is 0 Å². The topological polar surface area (TPSA) is 43.6 Å². The number of benzene rings is 1. The Morgan fingerprint density at radius 3 is 2.19 bits per heavy atom. The average Bonchev–Trinajstić information content (AvgIpc) is 3.05. The molecule has 0 aliphatic rings. The van der Waals surface area contributed by atoms with Gasteiger partial charge in [-0.25, -0.2) is 9.37 Å². The Morgan fingerprint density at radius 1 is 0.846 bits per heavy atom. The van der Waals surface area contributed by atoms with Crippen molar-refractivity contribution >= 4 is 15.9 Å². The molecule has 0 atom stereocenters. The zero-order valence-corrected chi connectivity index (χ0v) is 15.6. The number of pyridine rings is 2. The fourth-order valence-electron chi connectivity index (χ4n) is 2.31. The van der Waals surface area contributed by atoms with Crippen molar-refractivity contribution in [1.82, 2.24) is 19.7 Å². The second-order valence-corrected chi connectivity index (χ2v) is 6.21. The van der Waals surface area contributed by atoms with Gasteiger partial charge >= 0.3 is 0 Å². The van der Waals surface area contributed by atoms with E-state index in [2.05, 4.69) is 31.0 Å². The van der Waals surface area contributed by atoms with Gasteiger partial charge in [-0.2, -0.15) is 5.10 Å². The summed E-state index contributed by atoms with van der Waals surface area (Å²) in [5, 5.41) is 4.49. The van der Waals surface area contributed by atoms with Gasteiger partial charge in [0, 0.05) is 13.2 Å². The summed E-state index contributed by atoms with van der Waals surface area (Å²) in [5.41, 5.74) is 3.55. The molecule has 0 aliphatic carbocycles. The molecule has 0 fully saturated rings. The maximum Gasteiger partial charge on any atom is 0.123 e. The molecule has 4 rings (SSSR count). The van der Waals surface area contributed by atoms with E-state index >= 15 is 0 Å². The van der Waals surface area contributed by atoms with E-state index in [1.807, 2.05) is 54.2 Å². The Kier molecular flexibility index (Phi) is 5.86. The van der Waals surface area contributed by atoms with Crippen LogP contribution in [0, 0.1) is 5.82 Å². The van der Waals surface area contributed by atoms with Crippen LogP contribution in [0.25, 0.3) is 22.8 Å². The molecule has 0 saturated heterocycles. The average molecular weight is 411 g/mol. The minimum Gasteiger partial charge on any atom is -0.266 e. The largest absolute Gasteiger partial charge is 0.266 e. The van der Waals surface area contributed by atoms with Crippen molar-refractivity contribution in [3.63, 3.8) is 0 Å². The van der Waals surface area contributed by atoms with Gasteiger partial charge in [0.25, 0.3) is 0 Å². The molecule has 0 N–H and O–H groups in total. The normalized spacial score (nSPS) is 10.1. The van der Waals surface area contributed by atoms with Gasteiger partial charge in [-0.3, -0.25) is 9.67 Å². The maximum absolute atomic E-state index is 11.9. The highest BCUT2D eigenvalue weighted by atomic mass is 79.9. The van der Waals surface area contributed by atoms with Crippen LogP contribution in [0.2, 0.25) is 0 Å². The molecule has 26 heavy (non-hydrogen) atoms. The molecule has 6 heteroatoms. The standard InChI is InChI=1S/C14H11BrN4.C6H5F/c1-19-13(11-5-2-3-8-16-11)9-12(18-19)10-6-4-7-14(15)17-10;7-6-4-2-1-3-5-6/h2-9H,1H3;1-5H. The number of halogens is 2. The molecule has 0 aliphatic heterocycles. The van der Waals surface area contributed by atoms with Crippen molar-refractivity contribution in [3.05, 3.63) is 89.4 Å². The molecule has 0 spiro atoms. The minimum absolute atomic E-state index is 0.178. The molecule has 0 bridgehead atoms. The molecule has 0 radical (unpaired) electrons. The quantitative estimate of drug-likeness (QED) is 0.430. The first-order chi connectivity index (χ1) is 12.6. The van der Waals surface area contributed by atoms with Crippen LogP contribution in [0.3, 0.4) is 0 Å². The second kappa shape index (κ2) is 8.49. The lowest BCUT2D eigenvalue weighted by Gasteiger charge is -1.98. The summed E-state index contributed by atoms with van der Waals surface area (Å²) in [7, 11) is 1.91. The third-order valence-corrected chi connectivity index (χ3v) is 3.96. The molecule has 3 heterocycles. The van der Waals surface area contributed by atoms with Gasteiger partial charge < -0.3 is 0 Å². The van der Waals surface area contributed by atoms with E-state index < -0.39 is 0 Å². The lowest BCUT2D eigenvalue weighted by atomic mass is 10.2. The van der Waals surface area contributed by atoms with E-state index in [9.17, 15) is 4.39 Å². The van der Waals surface area contributed by atoms with Crippen molar-refractivity contribution in [1.29, 1.82) is 0 Å². The van der Waals surface area contributed by atoms with Gasteiger partial charge in [0.15, 0.2) is 0 Å². The first-order valence-electron chi connectivity index (χ1n) is 7.92. The van der Waals surface area contributed by atoms with E-state index in [1.54, 1.807) is 24.4 Å². The Morgan fingerprint density at radius 2 is 1.58 bits per heavy atom. The van der Waals surface area contributed by atoms with Crippen molar-refractivity contribution in [2.24, 2.45) is 7.05 Å². The van der Waals surface area contributed by atoms with E-state index in [0.717, 1.165) is 27.4 Å². The number of hydrogen-bond acceptors (Lipinski definition) is 3. The highest BCUT2D eigenvalue weighted by Crippen LogP contribution is 2.23. The van der Waals surface area contributed by atoms with Crippen LogP contribution in [0.4, 0.5) is 4.39 Å². The van der Waals surface area contributed by atoms with Crippen LogP contribution < -0.4 is 0 Å². The fourth-order valence-corrected chi connectivity index (χ4v) is 2.66. The third-order valence-electron chi connectivity index (χ3n) is 3.52. The number of rotatable bonds is 2. The Balaban J connectivity index is 0.000000236. The highest BCUT2D eigenvalue weighted by molar-refractivity contribution is 9.10. The molecule has 1 aromatic carbocycles. The first kappa shape index (κ1) is 17.9. The fraction of sp³-hybridized carbons (Fsp3) is 0.0500. The minimum atomic E-state index is -0.178. The predicted octanol–water partition coefficient (Wildman–Crippen LogP) is 5.13. The summed E-state index contributed by atoms with van der Waals surface area (Å²) in [6.45, 7) is 0. The smallest absolute Gasteiger partial charge is 0.123 e. The van der Waals surface area contributed by atoms with Gasteiger partial charge in [-0.1, -0.05) is 30.3 Å². The van der Waals surface area contributed by atoms with Gasteiger partial charge in [-0.05, 0) is 58.4 Å². The lowest BCUT2D eigenvalue weighted by Crippen LogP contribution is -1.95. The zero-order chi connectivity index (χ0) is 18.4. The van der Waals surface area contributed by atoms with Crippen LogP contribution in [0.15, 0.2) is 83.6 Å². The SMILES string of the molecule is Cn1nc(-c2cccc(Br)n2)cc1-c1ccccn1.Fc1ccccc1. The van der Waals surface area contributed by atoms with Crippen molar-refractivity contribution in [2.45, 2.75) is 0 Å². The van der Waals surface area contributed by atoms with Crippen LogP contribution in [0.5, 0.6) is 0 Å². The van der Waals surface area contributed by atoms with Crippen molar-refractivity contribution in [3.8, 4) is 22.8 Å². The molecule has 4 nitrogen and oxygen atoms in total. The monoisotopic (exact) mass is 410 g/mol.